The molecule has 0 aliphatic heterocycles. The second-order valence-corrected chi connectivity index (χ2v) is 4.55. The minimum atomic E-state index is -0.887. The Bertz CT molecular complexity index is 515. The van der Waals surface area contributed by atoms with E-state index in [0.29, 0.717) is 0 Å². The van der Waals surface area contributed by atoms with E-state index in [1.165, 1.54) is 12.1 Å². The van der Waals surface area contributed by atoms with E-state index in [1.54, 1.807) is 11.9 Å². The van der Waals surface area contributed by atoms with Crippen LogP contribution in [0, 0.1) is 5.82 Å². The molecule has 5 nitrogen and oxygen atoms in total. The number of rotatable bonds is 4. The maximum atomic E-state index is 13.4. The molecule has 6 heteroatoms. The topological polar surface area (TPSA) is 72.6 Å². The number of hydrogen-bond acceptors (Lipinski definition) is 4. The molecule has 2 N–H and O–H groups in total. The van der Waals surface area contributed by atoms with Crippen LogP contribution in [0.3, 0.4) is 0 Å². The smallest absolute Gasteiger partial charge is 0.341 e. The summed E-state index contributed by atoms with van der Waals surface area (Å²) in [6.45, 7) is -0.389. The van der Waals surface area contributed by atoms with Gasteiger partial charge in [-0.05, 0) is 31.0 Å². The van der Waals surface area contributed by atoms with Gasteiger partial charge in [-0.3, -0.25) is 4.79 Å². The molecular weight excluding hydrogens is 251 g/mol. The van der Waals surface area contributed by atoms with Crippen molar-refractivity contribution >= 4 is 17.6 Å². The Balaban J connectivity index is 1.93. The Kier molecular flexibility index (Phi) is 3.69. The maximum absolute atomic E-state index is 13.4. The molecule has 0 unspecified atom stereocenters. The maximum Gasteiger partial charge on any atom is 0.341 e. The van der Waals surface area contributed by atoms with Crippen LogP contribution in [0.15, 0.2) is 18.2 Å². The van der Waals surface area contributed by atoms with E-state index in [1.807, 2.05) is 0 Å². The minimum Gasteiger partial charge on any atom is -0.452 e. The Hall–Kier alpha value is -2.11. The number of carbonyl (C=O) groups is 2. The predicted molar refractivity (Wildman–Crippen MR) is 66.9 cm³/mol. The highest BCUT2D eigenvalue weighted by Crippen LogP contribution is 2.25. The lowest BCUT2D eigenvalue weighted by Crippen LogP contribution is -2.33. The highest BCUT2D eigenvalue weighted by molar-refractivity contribution is 5.92. The van der Waals surface area contributed by atoms with Crippen molar-refractivity contribution in [1.29, 1.82) is 0 Å². The lowest BCUT2D eigenvalue weighted by Gasteiger charge is -2.16. The van der Waals surface area contributed by atoms with E-state index >= 15 is 0 Å². The first-order valence-corrected chi connectivity index (χ1v) is 5.97. The van der Waals surface area contributed by atoms with Gasteiger partial charge in [0.25, 0.3) is 5.91 Å². The summed E-state index contributed by atoms with van der Waals surface area (Å²) in [5, 5.41) is 0. The summed E-state index contributed by atoms with van der Waals surface area (Å²) in [6, 6.07) is 3.87. The number of hydrogen-bond donors (Lipinski definition) is 1. The molecule has 0 atom stereocenters. The van der Waals surface area contributed by atoms with Crippen LogP contribution in [0.25, 0.3) is 0 Å². The minimum absolute atomic E-state index is 0.246. The average molecular weight is 266 g/mol. The number of nitrogens with two attached hydrogens (primary N) is 1. The normalized spacial score (nSPS) is 14.0. The molecule has 0 spiro atoms. The summed E-state index contributed by atoms with van der Waals surface area (Å²) in [4.78, 5) is 24.8. The average Bonchev–Trinajstić information content (AvgIpc) is 3.21. The zero-order valence-corrected chi connectivity index (χ0v) is 10.6. The second-order valence-electron chi connectivity index (χ2n) is 4.55. The standard InChI is InChI=1S/C13H15FN2O3/c1-16(9-3-4-9)12(17)7-19-13(18)10-6-8(15)2-5-11(10)14/h2,5-6,9H,3-4,7,15H2,1H3. The van der Waals surface area contributed by atoms with Crippen molar-refractivity contribution < 1.29 is 18.7 Å². The summed E-state index contributed by atoms with van der Waals surface area (Å²) in [5.74, 6) is -1.90. The van der Waals surface area contributed by atoms with Crippen LogP contribution < -0.4 is 5.73 Å². The van der Waals surface area contributed by atoms with Crippen LogP contribution in [-0.2, 0) is 9.53 Å². The largest absolute Gasteiger partial charge is 0.452 e. The van der Waals surface area contributed by atoms with E-state index in [0.717, 1.165) is 18.9 Å². The molecule has 1 amide bonds. The zero-order valence-electron chi connectivity index (χ0n) is 10.6. The Labute approximate surface area is 110 Å². The van der Waals surface area contributed by atoms with Crippen LogP contribution in [-0.4, -0.2) is 36.5 Å². The van der Waals surface area contributed by atoms with Crippen LogP contribution >= 0.6 is 0 Å². The summed E-state index contributed by atoms with van der Waals surface area (Å²) >= 11 is 0. The van der Waals surface area contributed by atoms with E-state index in [9.17, 15) is 14.0 Å². The van der Waals surface area contributed by atoms with Crippen LogP contribution in [0.1, 0.15) is 23.2 Å². The number of nitrogens with zero attached hydrogens (tertiary/aromatic N) is 1. The molecule has 0 radical (unpaired) electrons. The number of nitrogen functional groups attached to an aromatic ring is 1. The highest BCUT2D eigenvalue weighted by Gasteiger charge is 2.30. The van der Waals surface area contributed by atoms with Gasteiger partial charge in [0, 0.05) is 18.8 Å². The zero-order chi connectivity index (χ0) is 14.0. The molecule has 1 aliphatic rings. The quantitative estimate of drug-likeness (QED) is 0.656. The number of ether oxygens (including phenoxy) is 1. The molecule has 19 heavy (non-hydrogen) atoms. The predicted octanol–water partition coefficient (Wildman–Crippen LogP) is 1.19. The highest BCUT2D eigenvalue weighted by atomic mass is 19.1. The molecule has 1 aromatic carbocycles. The molecule has 0 bridgehead atoms. The Morgan fingerprint density at radius 2 is 2.16 bits per heavy atom. The summed E-state index contributed by atoms with van der Waals surface area (Å²) in [5.41, 5.74) is 5.46. The fourth-order valence-corrected chi connectivity index (χ4v) is 1.67. The summed E-state index contributed by atoms with van der Waals surface area (Å²) < 4.78 is 18.2. The number of amides is 1. The molecule has 1 aliphatic carbocycles. The number of likely N-dealkylation sites (N-methyl/N-ethyl adjacent to an activating group) is 1. The van der Waals surface area contributed by atoms with Gasteiger partial charge in [0.1, 0.15) is 5.82 Å². The first-order chi connectivity index (χ1) is 8.99. The van der Waals surface area contributed by atoms with E-state index in [-0.39, 0.29) is 29.8 Å². The van der Waals surface area contributed by atoms with Gasteiger partial charge in [-0.15, -0.1) is 0 Å². The van der Waals surface area contributed by atoms with Crippen LogP contribution in [0.5, 0.6) is 0 Å². The van der Waals surface area contributed by atoms with Crippen molar-refractivity contribution in [3.63, 3.8) is 0 Å². The number of carbonyl (C=O) groups excluding carboxylic acids is 2. The number of halogens is 1. The summed E-state index contributed by atoms with van der Waals surface area (Å²) in [7, 11) is 1.66. The lowest BCUT2D eigenvalue weighted by molar-refractivity contribution is -0.133. The van der Waals surface area contributed by atoms with Gasteiger partial charge < -0.3 is 15.4 Å². The molecule has 1 fully saturated rings. The third-order valence-corrected chi connectivity index (χ3v) is 3.03. The number of esters is 1. The fraction of sp³-hybridized carbons (Fsp3) is 0.385. The third kappa shape index (κ3) is 3.21. The van der Waals surface area contributed by atoms with E-state index in [4.69, 9.17) is 10.5 Å². The van der Waals surface area contributed by atoms with E-state index in [2.05, 4.69) is 0 Å². The van der Waals surface area contributed by atoms with Crippen molar-refractivity contribution in [3.05, 3.63) is 29.6 Å². The van der Waals surface area contributed by atoms with Crippen molar-refractivity contribution in [2.75, 3.05) is 19.4 Å². The van der Waals surface area contributed by atoms with Gasteiger partial charge in [0.05, 0.1) is 5.56 Å². The molecule has 102 valence electrons. The fourth-order valence-electron chi connectivity index (χ4n) is 1.67. The van der Waals surface area contributed by atoms with Gasteiger partial charge in [0.2, 0.25) is 0 Å². The van der Waals surface area contributed by atoms with Crippen LogP contribution in [0.4, 0.5) is 10.1 Å². The third-order valence-electron chi connectivity index (χ3n) is 3.03. The van der Waals surface area contributed by atoms with E-state index < -0.39 is 11.8 Å². The van der Waals surface area contributed by atoms with Crippen molar-refractivity contribution in [1.82, 2.24) is 4.90 Å². The van der Waals surface area contributed by atoms with Gasteiger partial charge in [-0.25, -0.2) is 9.18 Å². The molecule has 0 saturated heterocycles. The van der Waals surface area contributed by atoms with Gasteiger partial charge in [0.15, 0.2) is 6.61 Å². The molecule has 2 rings (SSSR count). The molecular formula is C13H15FN2O3. The number of anilines is 1. The Morgan fingerprint density at radius 1 is 1.47 bits per heavy atom. The van der Waals surface area contributed by atoms with Crippen molar-refractivity contribution in [2.45, 2.75) is 18.9 Å². The molecule has 1 saturated carbocycles. The van der Waals surface area contributed by atoms with Crippen molar-refractivity contribution in [3.8, 4) is 0 Å². The molecule has 0 aromatic heterocycles. The van der Waals surface area contributed by atoms with Gasteiger partial charge >= 0.3 is 5.97 Å². The number of benzene rings is 1. The second kappa shape index (κ2) is 5.26. The lowest BCUT2D eigenvalue weighted by atomic mass is 10.2. The summed E-state index contributed by atoms with van der Waals surface area (Å²) in [6.07, 6.45) is 1.94. The SMILES string of the molecule is CN(C(=O)COC(=O)c1cc(N)ccc1F)C1CC1. The molecule has 0 heterocycles. The first-order valence-electron chi connectivity index (χ1n) is 5.97. The molecule has 1 aromatic rings. The van der Waals surface area contributed by atoms with Crippen molar-refractivity contribution in [2.24, 2.45) is 0 Å². The Morgan fingerprint density at radius 3 is 2.79 bits per heavy atom. The van der Waals surface area contributed by atoms with Crippen LogP contribution in [0.2, 0.25) is 0 Å². The van der Waals surface area contributed by atoms with Gasteiger partial charge in [-0.2, -0.15) is 0 Å². The van der Waals surface area contributed by atoms with Gasteiger partial charge in [-0.1, -0.05) is 0 Å². The first kappa shape index (κ1) is 13.3. The monoisotopic (exact) mass is 266 g/mol.